The molecule has 0 spiro atoms. The number of rotatable bonds is 2. The summed E-state index contributed by atoms with van der Waals surface area (Å²) in [4.78, 5) is 4.55. The number of hydrogen-bond acceptors (Lipinski definition) is 1. The van der Waals surface area contributed by atoms with Gasteiger partial charge in [-0.2, -0.15) is 0 Å². The molecule has 16 heavy (non-hydrogen) atoms. The van der Waals surface area contributed by atoms with Crippen molar-refractivity contribution >= 4 is 0 Å². The van der Waals surface area contributed by atoms with Crippen LogP contribution >= 0.6 is 0 Å². The van der Waals surface area contributed by atoms with E-state index in [1.54, 1.807) is 0 Å². The van der Waals surface area contributed by atoms with Gasteiger partial charge in [0.25, 0.3) is 0 Å². The van der Waals surface area contributed by atoms with Crippen molar-refractivity contribution in [1.82, 2.24) is 4.98 Å². The van der Waals surface area contributed by atoms with Crippen LogP contribution in [0.3, 0.4) is 0 Å². The van der Waals surface area contributed by atoms with Gasteiger partial charge in [-0.1, -0.05) is 33.8 Å². The SMILES string of the molecule is CC(C)C1Cc2cccnc2C[C@@H]1C(C)C. The van der Waals surface area contributed by atoms with Crippen molar-refractivity contribution in [2.24, 2.45) is 23.7 Å². The van der Waals surface area contributed by atoms with Crippen molar-refractivity contribution in [1.29, 1.82) is 0 Å². The third kappa shape index (κ3) is 2.14. The van der Waals surface area contributed by atoms with E-state index in [9.17, 15) is 0 Å². The predicted octanol–water partition coefficient (Wildman–Crippen LogP) is 3.72. The molecule has 1 aromatic heterocycles. The second-order valence-corrected chi connectivity index (χ2v) is 5.83. The minimum Gasteiger partial charge on any atom is -0.261 e. The van der Waals surface area contributed by atoms with E-state index in [4.69, 9.17) is 0 Å². The Morgan fingerprint density at radius 2 is 1.69 bits per heavy atom. The smallest absolute Gasteiger partial charge is 0.0438 e. The van der Waals surface area contributed by atoms with E-state index in [1.807, 2.05) is 6.20 Å². The molecule has 0 saturated carbocycles. The van der Waals surface area contributed by atoms with Gasteiger partial charge in [0, 0.05) is 11.9 Å². The van der Waals surface area contributed by atoms with Crippen LogP contribution in [0.1, 0.15) is 39.0 Å². The second-order valence-electron chi connectivity index (χ2n) is 5.83. The molecule has 0 aliphatic heterocycles. The molecule has 2 atom stereocenters. The van der Waals surface area contributed by atoms with Crippen molar-refractivity contribution in [3.05, 3.63) is 29.6 Å². The topological polar surface area (TPSA) is 12.9 Å². The summed E-state index contributed by atoms with van der Waals surface area (Å²) in [5, 5.41) is 0. The number of pyridine rings is 1. The molecule has 1 aliphatic rings. The van der Waals surface area contributed by atoms with E-state index < -0.39 is 0 Å². The van der Waals surface area contributed by atoms with Gasteiger partial charge in [-0.3, -0.25) is 4.98 Å². The number of aromatic nitrogens is 1. The fourth-order valence-corrected chi connectivity index (χ4v) is 3.08. The number of hydrogen-bond donors (Lipinski definition) is 0. The summed E-state index contributed by atoms with van der Waals surface area (Å²) in [6.07, 6.45) is 4.34. The van der Waals surface area contributed by atoms with E-state index in [1.165, 1.54) is 24.1 Å². The van der Waals surface area contributed by atoms with Gasteiger partial charge in [0.2, 0.25) is 0 Å². The molecule has 0 aromatic carbocycles. The zero-order valence-corrected chi connectivity index (χ0v) is 10.9. The molecule has 0 N–H and O–H groups in total. The van der Waals surface area contributed by atoms with Gasteiger partial charge in [0.05, 0.1) is 0 Å². The number of nitrogens with zero attached hydrogens (tertiary/aromatic N) is 1. The summed E-state index contributed by atoms with van der Waals surface area (Å²) in [5.74, 6) is 3.18. The van der Waals surface area contributed by atoms with Crippen LogP contribution in [0.4, 0.5) is 0 Å². The molecule has 0 saturated heterocycles. The standard InChI is InChI=1S/C15H23N/c1-10(2)13-8-12-6-5-7-16-15(12)9-14(13)11(3)4/h5-7,10-11,13-14H,8-9H2,1-4H3/t13?,14-/m1/s1. The highest BCUT2D eigenvalue weighted by atomic mass is 14.7. The predicted molar refractivity (Wildman–Crippen MR) is 68.3 cm³/mol. The fraction of sp³-hybridized carbons (Fsp3) is 0.667. The van der Waals surface area contributed by atoms with Crippen LogP contribution < -0.4 is 0 Å². The average Bonchev–Trinajstić information content (AvgIpc) is 2.27. The molecule has 1 unspecified atom stereocenters. The lowest BCUT2D eigenvalue weighted by Crippen LogP contribution is -2.33. The minimum absolute atomic E-state index is 0.766. The van der Waals surface area contributed by atoms with Crippen LogP contribution in [0.5, 0.6) is 0 Å². The first-order valence-electron chi connectivity index (χ1n) is 6.52. The van der Waals surface area contributed by atoms with E-state index in [0.717, 1.165) is 23.7 Å². The summed E-state index contributed by atoms with van der Waals surface area (Å²) in [6.45, 7) is 9.44. The first-order valence-corrected chi connectivity index (χ1v) is 6.52. The lowest BCUT2D eigenvalue weighted by molar-refractivity contribution is 0.179. The maximum Gasteiger partial charge on any atom is 0.0438 e. The van der Waals surface area contributed by atoms with Gasteiger partial charge in [0.15, 0.2) is 0 Å². The quantitative estimate of drug-likeness (QED) is 0.735. The van der Waals surface area contributed by atoms with Gasteiger partial charge in [-0.15, -0.1) is 0 Å². The zero-order valence-electron chi connectivity index (χ0n) is 10.9. The average molecular weight is 217 g/mol. The third-order valence-electron chi connectivity index (χ3n) is 4.13. The van der Waals surface area contributed by atoms with E-state index in [2.05, 4.69) is 44.8 Å². The molecule has 1 heterocycles. The Balaban J connectivity index is 2.29. The normalized spacial score (nSPS) is 24.9. The highest BCUT2D eigenvalue weighted by Crippen LogP contribution is 2.37. The summed E-state index contributed by atoms with van der Waals surface area (Å²) >= 11 is 0. The Morgan fingerprint density at radius 3 is 2.31 bits per heavy atom. The summed E-state index contributed by atoms with van der Waals surface area (Å²) in [6, 6.07) is 4.33. The van der Waals surface area contributed by atoms with Crippen LogP contribution in [0.25, 0.3) is 0 Å². The molecule has 1 heteroatoms. The van der Waals surface area contributed by atoms with E-state index in [0.29, 0.717) is 0 Å². The van der Waals surface area contributed by atoms with Crippen molar-refractivity contribution in [2.45, 2.75) is 40.5 Å². The van der Waals surface area contributed by atoms with Crippen molar-refractivity contribution in [2.75, 3.05) is 0 Å². The van der Waals surface area contributed by atoms with Crippen LogP contribution in [-0.4, -0.2) is 4.98 Å². The Labute approximate surface area is 99.3 Å². The maximum absolute atomic E-state index is 4.55. The maximum atomic E-state index is 4.55. The molecule has 2 rings (SSSR count). The third-order valence-corrected chi connectivity index (χ3v) is 4.13. The van der Waals surface area contributed by atoms with Gasteiger partial charge in [-0.25, -0.2) is 0 Å². The molecular weight excluding hydrogens is 194 g/mol. The highest BCUT2D eigenvalue weighted by Gasteiger charge is 2.32. The van der Waals surface area contributed by atoms with Crippen LogP contribution in [-0.2, 0) is 12.8 Å². The Bertz CT molecular complexity index is 319. The van der Waals surface area contributed by atoms with E-state index >= 15 is 0 Å². The van der Waals surface area contributed by atoms with Crippen LogP contribution in [0.15, 0.2) is 18.3 Å². The molecule has 0 bridgehead atoms. The molecule has 0 fully saturated rings. The van der Waals surface area contributed by atoms with Gasteiger partial charge in [0.1, 0.15) is 0 Å². The lowest BCUT2D eigenvalue weighted by Gasteiger charge is -2.37. The lowest BCUT2D eigenvalue weighted by atomic mass is 9.68. The molecule has 88 valence electrons. The minimum atomic E-state index is 0.766. The van der Waals surface area contributed by atoms with Gasteiger partial charge < -0.3 is 0 Å². The first kappa shape index (κ1) is 11.6. The fourth-order valence-electron chi connectivity index (χ4n) is 3.08. The van der Waals surface area contributed by atoms with E-state index in [-0.39, 0.29) is 0 Å². The van der Waals surface area contributed by atoms with Crippen LogP contribution in [0.2, 0.25) is 0 Å². The van der Waals surface area contributed by atoms with Gasteiger partial charge >= 0.3 is 0 Å². The monoisotopic (exact) mass is 217 g/mol. The van der Waals surface area contributed by atoms with Crippen molar-refractivity contribution in [3.63, 3.8) is 0 Å². The summed E-state index contributed by atoms with van der Waals surface area (Å²) in [5.41, 5.74) is 2.83. The molecular formula is C15H23N. The summed E-state index contributed by atoms with van der Waals surface area (Å²) < 4.78 is 0. The molecule has 0 amide bonds. The van der Waals surface area contributed by atoms with Crippen LogP contribution in [0, 0.1) is 23.7 Å². The first-order chi connectivity index (χ1) is 7.59. The Morgan fingerprint density at radius 1 is 1.06 bits per heavy atom. The Kier molecular flexibility index (Phi) is 3.32. The van der Waals surface area contributed by atoms with Gasteiger partial charge in [-0.05, 0) is 48.1 Å². The van der Waals surface area contributed by atoms with Crippen molar-refractivity contribution in [3.8, 4) is 0 Å². The highest BCUT2D eigenvalue weighted by molar-refractivity contribution is 5.24. The second kappa shape index (κ2) is 4.57. The molecule has 1 nitrogen and oxygen atoms in total. The largest absolute Gasteiger partial charge is 0.261 e. The number of fused-ring (bicyclic) bond motifs is 1. The van der Waals surface area contributed by atoms with Crippen molar-refractivity contribution < 1.29 is 0 Å². The molecule has 1 aromatic rings. The molecule has 0 radical (unpaired) electrons. The summed E-state index contributed by atoms with van der Waals surface area (Å²) in [7, 11) is 0. The Hall–Kier alpha value is -0.850. The zero-order chi connectivity index (χ0) is 11.7. The molecule has 1 aliphatic carbocycles.